The lowest BCUT2D eigenvalue weighted by Gasteiger charge is -2.16. The highest BCUT2D eigenvalue weighted by atomic mass is 35.5. The number of rotatable bonds is 5. The van der Waals surface area contributed by atoms with Crippen molar-refractivity contribution in [2.24, 2.45) is 0 Å². The van der Waals surface area contributed by atoms with E-state index in [1.165, 1.54) is 6.07 Å². The van der Waals surface area contributed by atoms with Gasteiger partial charge >= 0.3 is 0 Å². The molecule has 1 atom stereocenters. The molecule has 0 spiro atoms. The Morgan fingerprint density at radius 3 is 2.42 bits per heavy atom. The zero-order chi connectivity index (χ0) is 17.9. The van der Waals surface area contributed by atoms with E-state index in [2.05, 4.69) is 10.0 Å². The van der Waals surface area contributed by atoms with Crippen molar-refractivity contribution in [1.82, 2.24) is 5.32 Å². The van der Waals surface area contributed by atoms with Crippen molar-refractivity contribution in [3.63, 3.8) is 0 Å². The minimum Gasteiger partial charge on any atom is -0.346 e. The highest BCUT2D eigenvalue weighted by molar-refractivity contribution is 7.92. The second kappa shape index (κ2) is 7.42. The molecule has 0 saturated heterocycles. The largest absolute Gasteiger partial charge is 0.346 e. The number of hydrogen-bond donors (Lipinski definition) is 2. The lowest BCUT2D eigenvalue weighted by Crippen LogP contribution is -2.26. The topological polar surface area (TPSA) is 75.3 Å². The normalized spacial score (nSPS) is 12.5. The smallest absolute Gasteiger partial charge is 0.251 e. The van der Waals surface area contributed by atoms with Gasteiger partial charge in [0.1, 0.15) is 0 Å². The first-order chi connectivity index (χ1) is 11.2. The Kier molecular flexibility index (Phi) is 5.74. The minimum absolute atomic E-state index is 0.302. The fourth-order valence-electron chi connectivity index (χ4n) is 2.09. The van der Waals surface area contributed by atoms with E-state index in [-0.39, 0.29) is 11.9 Å². The molecule has 0 aliphatic rings. The summed E-state index contributed by atoms with van der Waals surface area (Å²) in [7, 11) is -3.36. The van der Waals surface area contributed by atoms with Crippen molar-refractivity contribution in [2.75, 3.05) is 11.0 Å². The maximum absolute atomic E-state index is 12.3. The number of sulfonamides is 1. The van der Waals surface area contributed by atoms with Crippen molar-refractivity contribution >= 4 is 44.8 Å². The van der Waals surface area contributed by atoms with E-state index in [0.717, 1.165) is 11.8 Å². The van der Waals surface area contributed by atoms with Gasteiger partial charge in [-0.1, -0.05) is 35.3 Å². The second-order valence-electron chi connectivity index (χ2n) is 5.32. The number of amides is 1. The van der Waals surface area contributed by atoms with E-state index in [9.17, 15) is 13.2 Å². The van der Waals surface area contributed by atoms with Crippen LogP contribution in [-0.2, 0) is 10.0 Å². The van der Waals surface area contributed by atoms with Gasteiger partial charge in [0, 0.05) is 11.3 Å². The first-order valence-electron chi connectivity index (χ1n) is 6.99. The van der Waals surface area contributed by atoms with Gasteiger partial charge in [-0.3, -0.25) is 9.52 Å². The highest BCUT2D eigenvalue weighted by Crippen LogP contribution is 2.23. The SMILES string of the molecule is C[C@@H](NC(=O)c1ccc(Cl)c(Cl)c1)c1cccc(NS(C)(=O)=O)c1. The van der Waals surface area contributed by atoms with Gasteiger partial charge in [-0.05, 0) is 42.8 Å². The van der Waals surface area contributed by atoms with Gasteiger partial charge in [0.05, 0.1) is 22.3 Å². The van der Waals surface area contributed by atoms with Crippen LogP contribution in [0, 0.1) is 0 Å². The number of hydrogen-bond acceptors (Lipinski definition) is 3. The summed E-state index contributed by atoms with van der Waals surface area (Å²) in [6.45, 7) is 1.80. The summed E-state index contributed by atoms with van der Waals surface area (Å²) in [6.07, 6.45) is 1.08. The summed E-state index contributed by atoms with van der Waals surface area (Å²) in [5, 5.41) is 3.51. The Bertz CT molecular complexity index is 869. The number of carbonyl (C=O) groups is 1. The maximum atomic E-state index is 12.3. The predicted octanol–water partition coefficient (Wildman–Crippen LogP) is 3.86. The average Bonchev–Trinajstić information content (AvgIpc) is 2.48. The van der Waals surface area contributed by atoms with Crippen LogP contribution in [0.25, 0.3) is 0 Å². The third-order valence-corrected chi connectivity index (χ3v) is 4.56. The van der Waals surface area contributed by atoms with Crippen molar-refractivity contribution in [3.05, 3.63) is 63.6 Å². The van der Waals surface area contributed by atoms with Gasteiger partial charge in [0.15, 0.2) is 0 Å². The molecule has 2 aromatic rings. The van der Waals surface area contributed by atoms with Crippen molar-refractivity contribution in [1.29, 1.82) is 0 Å². The van der Waals surface area contributed by atoms with E-state index < -0.39 is 10.0 Å². The predicted molar refractivity (Wildman–Crippen MR) is 97.3 cm³/mol. The van der Waals surface area contributed by atoms with Crippen LogP contribution in [0.15, 0.2) is 42.5 Å². The fraction of sp³-hybridized carbons (Fsp3) is 0.188. The average molecular weight is 387 g/mol. The Hall–Kier alpha value is -1.76. The third kappa shape index (κ3) is 5.12. The summed E-state index contributed by atoms with van der Waals surface area (Å²) in [6, 6.07) is 11.1. The number of nitrogens with one attached hydrogen (secondary N) is 2. The molecule has 0 heterocycles. The van der Waals surface area contributed by atoms with Crippen LogP contribution in [0.4, 0.5) is 5.69 Å². The molecule has 2 N–H and O–H groups in total. The van der Waals surface area contributed by atoms with Crippen LogP contribution < -0.4 is 10.0 Å². The lowest BCUT2D eigenvalue weighted by molar-refractivity contribution is 0.0940. The molecule has 1 amide bonds. The quantitative estimate of drug-likeness (QED) is 0.818. The first kappa shape index (κ1) is 18.6. The molecule has 0 radical (unpaired) electrons. The maximum Gasteiger partial charge on any atom is 0.251 e. The first-order valence-corrected chi connectivity index (χ1v) is 9.64. The summed E-state index contributed by atoms with van der Waals surface area (Å²) < 4.78 is 25.0. The molecule has 5 nitrogen and oxygen atoms in total. The van der Waals surface area contributed by atoms with Crippen molar-refractivity contribution < 1.29 is 13.2 Å². The molecule has 0 unspecified atom stereocenters. The zero-order valence-corrected chi connectivity index (χ0v) is 15.3. The van der Waals surface area contributed by atoms with Crippen molar-refractivity contribution in [2.45, 2.75) is 13.0 Å². The van der Waals surface area contributed by atoms with Gasteiger partial charge in [-0.2, -0.15) is 0 Å². The molecule has 0 aliphatic heterocycles. The molecule has 8 heteroatoms. The second-order valence-corrected chi connectivity index (χ2v) is 7.89. The van der Waals surface area contributed by atoms with Gasteiger partial charge in [-0.15, -0.1) is 0 Å². The van der Waals surface area contributed by atoms with Gasteiger partial charge in [0.25, 0.3) is 5.91 Å². The minimum atomic E-state index is -3.36. The molecule has 0 aliphatic carbocycles. The van der Waals surface area contributed by atoms with Gasteiger partial charge in [0.2, 0.25) is 10.0 Å². The number of halogens is 2. The Morgan fingerprint density at radius 1 is 1.08 bits per heavy atom. The molecule has 2 rings (SSSR count). The van der Waals surface area contributed by atoms with Gasteiger partial charge in [-0.25, -0.2) is 8.42 Å². The fourth-order valence-corrected chi connectivity index (χ4v) is 2.94. The standard InChI is InChI=1S/C16H16Cl2N2O3S/c1-10(11-4-3-5-13(8-11)20-24(2,22)23)19-16(21)12-6-7-14(17)15(18)9-12/h3-10,20H,1-2H3,(H,19,21)/t10-/m1/s1. The highest BCUT2D eigenvalue weighted by Gasteiger charge is 2.13. The van der Waals surface area contributed by atoms with Crippen molar-refractivity contribution in [3.8, 4) is 0 Å². The van der Waals surface area contributed by atoms with Crippen LogP contribution in [0.5, 0.6) is 0 Å². The van der Waals surface area contributed by atoms with E-state index in [1.807, 2.05) is 0 Å². The Labute approximate surface area is 151 Å². The monoisotopic (exact) mass is 386 g/mol. The van der Waals surface area contributed by atoms with Crippen LogP contribution in [-0.4, -0.2) is 20.6 Å². The Balaban J connectivity index is 2.14. The molecule has 2 aromatic carbocycles. The van der Waals surface area contributed by atoms with E-state index >= 15 is 0 Å². The lowest BCUT2D eigenvalue weighted by atomic mass is 10.1. The third-order valence-electron chi connectivity index (χ3n) is 3.22. The molecular weight excluding hydrogens is 371 g/mol. The summed E-state index contributed by atoms with van der Waals surface area (Å²) in [5.74, 6) is -0.303. The van der Waals surface area contributed by atoms with Crippen LogP contribution in [0.1, 0.15) is 28.9 Å². The number of carbonyl (C=O) groups excluding carboxylic acids is 1. The summed E-state index contributed by atoms with van der Waals surface area (Å²) in [4.78, 5) is 12.3. The van der Waals surface area contributed by atoms with E-state index in [1.54, 1.807) is 43.3 Å². The van der Waals surface area contributed by atoms with Crippen LogP contribution >= 0.6 is 23.2 Å². The van der Waals surface area contributed by atoms with Gasteiger partial charge < -0.3 is 5.32 Å². The summed E-state index contributed by atoms with van der Waals surface area (Å²) in [5.41, 5.74) is 1.59. The summed E-state index contributed by atoms with van der Waals surface area (Å²) >= 11 is 11.8. The van der Waals surface area contributed by atoms with Crippen LogP contribution in [0.3, 0.4) is 0 Å². The molecular formula is C16H16Cl2N2O3S. The molecule has 24 heavy (non-hydrogen) atoms. The molecule has 0 bridgehead atoms. The molecule has 128 valence electrons. The number of benzene rings is 2. The Morgan fingerprint density at radius 2 is 1.79 bits per heavy atom. The van der Waals surface area contributed by atoms with Crippen LogP contribution in [0.2, 0.25) is 10.0 Å². The molecule has 0 aromatic heterocycles. The van der Waals surface area contributed by atoms with E-state index in [4.69, 9.17) is 23.2 Å². The number of anilines is 1. The molecule has 0 saturated carbocycles. The molecule has 0 fully saturated rings. The van der Waals surface area contributed by atoms with E-state index in [0.29, 0.717) is 21.3 Å². The zero-order valence-electron chi connectivity index (χ0n) is 13.0.